The summed E-state index contributed by atoms with van der Waals surface area (Å²) in [7, 11) is 1.58. The molecule has 2 amide bonds. The van der Waals surface area contributed by atoms with Gasteiger partial charge in [-0.25, -0.2) is 0 Å². The minimum Gasteiger partial charge on any atom is -0.495 e. The van der Waals surface area contributed by atoms with Gasteiger partial charge in [0, 0.05) is 11.3 Å². The summed E-state index contributed by atoms with van der Waals surface area (Å²) in [6.45, 7) is 3.73. The van der Waals surface area contributed by atoms with E-state index in [0.29, 0.717) is 17.0 Å². The fourth-order valence-electron chi connectivity index (χ4n) is 2.20. The summed E-state index contributed by atoms with van der Waals surface area (Å²) in [6, 6.07) is 11.6. The third kappa shape index (κ3) is 4.25. The van der Waals surface area contributed by atoms with Crippen LogP contribution in [0.15, 0.2) is 42.5 Å². The van der Waals surface area contributed by atoms with E-state index in [-0.39, 0.29) is 5.91 Å². The maximum atomic E-state index is 12.3. The summed E-state index contributed by atoms with van der Waals surface area (Å²) in [5.74, 6) is -0.0362. The Morgan fingerprint density at radius 2 is 1.79 bits per heavy atom. The minimum absolute atomic E-state index is 0.203. The molecule has 0 aliphatic heterocycles. The van der Waals surface area contributed by atoms with Crippen molar-refractivity contribution >= 4 is 23.2 Å². The molecule has 0 aromatic heterocycles. The van der Waals surface area contributed by atoms with Crippen LogP contribution in [0.25, 0.3) is 0 Å². The third-order valence-electron chi connectivity index (χ3n) is 3.56. The normalized spacial score (nSPS) is 11.5. The number of hydrogen-bond acceptors (Lipinski definition) is 4. The molecular formula is C18H21N3O3. The molecule has 1 atom stereocenters. The Labute approximate surface area is 141 Å². The van der Waals surface area contributed by atoms with Crippen molar-refractivity contribution in [2.45, 2.75) is 19.9 Å². The highest BCUT2D eigenvalue weighted by atomic mass is 16.5. The molecule has 4 N–H and O–H groups in total. The number of rotatable bonds is 6. The summed E-state index contributed by atoms with van der Waals surface area (Å²) in [5.41, 5.74) is 7.99. The molecule has 0 aliphatic carbocycles. The van der Waals surface area contributed by atoms with Gasteiger partial charge in [-0.05, 0) is 55.8 Å². The molecule has 0 heterocycles. The van der Waals surface area contributed by atoms with E-state index in [1.807, 2.05) is 25.1 Å². The van der Waals surface area contributed by atoms with E-state index in [1.54, 1.807) is 38.3 Å². The average Bonchev–Trinajstić information content (AvgIpc) is 2.55. The van der Waals surface area contributed by atoms with Gasteiger partial charge in [-0.1, -0.05) is 6.07 Å². The number of methoxy groups -OCH3 is 1. The Hall–Kier alpha value is -3.02. The van der Waals surface area contributed by atoms with Crippen molar-refractivity contribution in [1.29, 1.82) is 0 Å². The van der Waals surface area contributed by atoms with Crippen LogP contribution in [0.2, 0.25) is 0 Å². The number of carbonyl (C=O) groups excluding carboxylic acids is 2. The van der Waals surface area contributed by atoms with E-state index in [1.165, 1.54) is 0 Å². The van der Waals surface area contributed by atoms with Crippen molar-refractivity contribution in [3.8, 4) is 5.75 Å². The quantitative estimate of drug-likeness (QED) is 0.760. The molecule has 0 unspecified atom stereocenters. The predicted octanol–water partition coefficient (Wildman–Crippen LogP) is 2.54. The number of benzene rings is 2. The van der Waals surface area contributed by atoms with Crippen LogP contribution in [0, 0.1) is 6.92 Å². The van der Waals surface area contributed by atoms with Gasteiger partial charge in [0.15, 0.2) is 0 Å². The summed E-state index contributed by atoms with van der Waals surface area (Å²) in [4.78, 5) is 23.4. The van der Waals surface area contributed by atoms with Crippen molar-refractivity contribution in [2.75, 3.05) is 17.7 Å². The minimum atomic E-state index is -0.505. The van der Waals surface area contributed by atoms with Crippen LogP contribution < -0.4 is 21.1 Å². The van der Waals surface area contributed by atoms with Crippen molar-refractivity contribution in [1.82, 2.24) is 0 Å². The number of hydrogen-bond donors (Lipinski definition) is 3. The number of anilines is 2. The number of nitrogens with one attached hydrogen (secondary N) is 2. The maximum absolute atomic E-state index is 12.3. The van der Waals surface area contributed by atoms with E-state index in [0.717, 1.165) is 11.3 Å². The van der Waals surface area contributed by atoms with Crippen molar-refractivity contribution in [3.05, 3.63) is 53.6 Å². The first kappa shape index (κ1) is 17.3. The molecule has 0 aliphatic rings. The predicted molar refractivity (Wildman–Crippen MR) is 94.4 cm³/mol. The molecule has 0 saturated carbocycles. The van der Waals surface area contributed by atoms with Gasteiger partial charge in [0.25, 0.3) is 0 Å². The monoisotopic (exact) mass is 327 g/mol. The molecule has 2 aromatic carbocycles. The molecule has 2 rings (SSSR count). The SMILES string of the molecule is COc1ccc(C)cc1N[C@H](C)C(=O)Nc1ccc(C(N)=O)cc1. The van der Waals surface area contributed by atoms with Crippen LogP contribution in [0.4, 0.5) is 11.4 Å². The molecule has 6 nitrogen and oxygen atoms in total. The Morgan fingerprint density at radius 3 is 2.38 bits per heavy atom. The van der Waals surface area contributed by atoms with Crippen LogP contribution in [0.1, 0.15) is 22.8 Å². The third-order valence-corrected chi connectivity index (χ3v) is 3.56. The first-order valence-corrected chi connectivity index (χ1v) is 7.52. The molecular weight excluding hydrogens is 306 g/mol. The Kier molecular flexibility index (Phi) is 5.42. The lowest BCUT2D eigenvalue weighted by atomic mass is 10.1. The summed E-state index contributed by atoms with van der Waals surface area (Å²) in [5, 5.41) is 5.93. The van der Waals surface area contributed by atoms with Gasteiger partial charge in [-0.2, -0.15) is 0 Å². The van der Waals surface area contributed by atoms with Crippen molar-refractivity contribution < 1.29 is 14.3 Å². The van der Waals surface area contributed by atoms with Crippen LogP contribution in [0.5, 0.6) is 5.75 Å². The average molecular weight is 327 g/mol. The second-order valence-corrected chi connectivity index (χ2v) is 5.50. The second kappa shape index (κ2) is 7.50. The number of carbonyl (C=O) groups is 2. The molecule has 0 fully saturated rings. The van der Waals surface area contributed by atoms with Gasteiger partial charge >= 0.3 is 0 Å². The zero-order valence-electron chi connectivity index (χ0n) is 13.9. The summed E-state index contributed by atoms with van der Waals surface area (Å²) >= 11 is 0. The lowest BCUT2D eigenvalue weighted by molar-refractivity contribution is -0.116. The van der Waals surface area contributed by atoms with Crippen LogP contribution >= 0.6 is 0 Å². The number of primary amides is 1. The van der Waals surface area contributed by atoms with Crippen LogP contribution in [-0.2, 0) is 4.79 Å². The number of amides is 2. The fourth-order valence-corrected chi connectivity index (χ4v) is 2.20. The maximum Gasteiger partial charge on any atom is 0.248 e. The van der Waals surface area contributed by atoms with Gasteiger partial charge in [0.05, 0.1) is 12.8 Å². The highest BCUT2D eigenvalue weighted by Crippen LogP contribution is 2.26. The molecule has 0 saturated heterocycles. The van der Waals surface area contributed by atoms with E-state index in [2.05, 4.69) is 10.6 Å². The Balaban J connectivity index is 2.04. The molecule has 24 heavy (non-hydrogen) atoms. The van der Waals surface area contributed by atoms with E-state index >= 15 is 0 Å². The van der Waals surface area contributed by atoms with E-state index in [9.17, 15) is 9.59 Å². The van der Waals surface area contributed by atoms with Gasteiger partial charge in [0.2, 0.25) is 11.8 Å². The van der Waals surface area contributed by atoms with Gasteiger partial charge < -0.3 is 21.1 Å². The highest BCUT2D eigenvalue weighted by Gasteiger charge is 2.15. The van der Waals surface area contributed by atoms with E-state index in [4.69, 9.17) is 10.5 Å². The molecule has 2 aromatic rings. The number of nitrogens with two attached hydrogens (primary N) is 1. The zero-order chi connectivity index (χ0) is 17.7. The van der Waals surface area contributed by atoms with Gasteiger partial charge in [0.1, 0.15) is 11.8 Å². The van der Waals surface area contributed by atoms with Crippen molar-refractivity contribution in [3.63, 3.8) is 0 Å². The van der Waals surface area contributed by atoms with Gasteiger partial charge in [-0.15, -0.1) is 0 Å². The first-order chi connectivity index (χ1) is 11.4. The van der Waals surface area contributed by atoms with Crippen LogP contribution in [-0.4, -0.2) is 25.0 Å². The lowest BCUT2D eigenvalue weighted by Gasteiger charge is -2.18. The molecule has 0 radical (unpaired) electrons. The zero-order valence-corrected chi connectivity index (χ0v) is 13.9. The number of aryl methyl sites for hydroxylation is 1. The largest absolute Gasteiger partial charge is 0.495 e. The van der Waals surface area contributed by atoms with Crippen LogP contribution in [0.3, 0.4) is 0 Å². The second-order valence-electron chi connectivity index (χ2n) is 5.50. The number of ether oxygens (including phenoxy) is 1. The van der Waals surface area contributed by atoms with Crippen molar-refractivity contribution in [2.24, 2.45) is 5.73 Å². The van der Waals surface area contributed by atoms with Gasteiger partial charge in [-0.3, -0.25) is 9.59 Å². The molecule has 0 spiro atoms. The standard InChI is InChI=1S/C18H21N3O3/c1-11-4-9-16(24-3)15(10-11)20-12(2)18(23)21-14-7-5-13(6-8-14)17(19)22/h4-10,12,20H,1-3H3,(H2,19,22)(H,21,23)/t12-/m1/s1. The summed E-state index contributed by atoms with van der Waals surface area (Å²) < 4.78 is 5.30. The Morgan fingerprint density at radius 1 is 1.12 bits per heavy atom. The molecule has 126 valence electrons. The Bertz CT molecular complexity index is 742. The molecule has 6 heteroatoms. The molecule has 0 bridgehead atoms. The smallest absolute Gasteiger partial charge is 0.248 e. The fraction of sp³-hybridized carbons (Fsp3) is 0.222. The first-order valence-electron chi connectivity index (χ1n) is 7.52. The summed E-state index contributed by atoms with van der Waals surface area (Å²) in [6.07, 6.45) is 0. The highest BCUT2D eigenvalue weighted by molar-refractivity contribution is 5.97. The van der Waals surface area contributed by atoms with E-state index < -0.39 is 11.9 Å². The lowest BCUT2D eigenvalue weighted by Crippen LogP contribution is -2.32. The topological polar surface area (TPSA) is 93.4 Å².